The van der Waals surface area contributed by atoms with Crippen molar-refractivity contribution in [3.8, 4) is 0 Å². The number of hydrogen-bond acceptors (Lipinski definition) is 3. The fraction of sp³-hybridized carbons (Fsp3) is 0.611. The summed E-state index contributed by atoms with van der Waals surface area (Å²) < 4.78 is 5.43. The summed E-state index contributed by atoms with van der Waals surface area (Å²) in [5.74, 6) is 0.562. The summed E-state index contributed by atoms with van der Waals surface area (Å²) >= 11 is 6.05. The highest BCUT2D eigenvalue weighted by atomic mass is 35.5. The summed E-state index contributed by atoms with van der Waals surface area (Å²) in [6.07, 6.45) is 1.78. The monoisotopic (exact) mass is 338 g/mol. The van der Waals surface area contributed by atoms with Crippen molar-refractivity contribution in [1.29, 1.82) is 0 Å². The van der Waals surface area contributed by atoms with Crippen LogP contribution in [0.1, 0.15) is 39.2 Å². The highest BCUT2D eigenvalue weighted by molar-refractivity contribution is 6.30. The number of benzene rings is 1. The third-order valence-corrected chi connectivity index (χ3v) is 4.28. The van der Waals surface area contributed by atoms with Gasteiger partial charge in [-0.1, -0.05) is 17.7 Å². The van der Waals surface area contributed by atoms with Gasteiger partial charge in [0.25, 0.3) is 0 Å². The molecule has 0 atom stereocenters. The SMILES string of the molecule is Cc1ccc(Cl)cc1NCC1CCN(C(=O)OC(C)(C)C)CC1. The van der Waals surface area contributed by atoms with Crippen LogP contribution in [0.25, 0.3) is 0 Å². The van der Waals surface area contributed by atoms with Crippen molar-refractivity contribution < 1.29 is 9.53 Å². The van der Waals surface area contributed by atoms with Gasteiger partial charge >= 0.3 is 6.09 Å². The average Bonchev–Trinajstić information content (AvgIpc) is 2.47. The zero-order chi connectivity index (χ0) is 17.0. The van der Waals surface area contributed by atoms with Gasteiger partial charge in [-0.25, -0.2) is 4.79 Å². The van der Waals surface area contributed by atoms with Gasteiger partial charge in [0, 0.05) is 30.3 Å². The lowest BCUT2D eigenvalue weighted by atomic mass is 9.97. The lowest BCUT2D eigenvalue weighted by molar-refractivity contribution is 0.0188. The fourth-order valence-electron chi connectivity index (χ4n) is 2.69. The Morgan fingerprint density at radius 1 is 1.35 bits per heavy atom. The first kappa shape index (κ1) is 17.9. The van der Waals surface area contributed by atoms with E-state index >= 15 is 0 Å². The molecule has 4 nitrogen and oxygen atoms in total. The van der Waals surface area contributed by atoms with Crippen LogP contribution in [0.4, 0.5) is 10.5 Å². The molecule has 0 aromatic heterocycles. The molecule has 0 aliphatic carbocycles. The van der Waals surface area contributed by atoms with Crippen molar-refractivity contribution in [2.24, 2.45) is 5.92 Å². The molecule has 1 aromatic rings. The molecule has 0 spiro atoms. The van der Waals surface area contributed by atoms with Crippen molar-refractivity contribution in [3.63, 3.8) is 0 Å². The van der Waals surface area contributed by atoms with Gasteiger partial charge in [0.2, 0.25) is 0 Å². The van der Waals surface area contributed by atoms with Crippen molar-refractivity contribution in [1.82, 2.24) is 4.90 Å². The molecule has 2 rings (SSSR count). The number of carbonyl (C=O) groups excluding carboxylic acids is 1. The predicted octanol–water partition coefficient (Wildman–Crippen LogP) is 4.71. The number of likely N-dealkylation sites (tertiary alicyclic amines) is 1. The van der Waals surface area contributed by atoms with Gasteiger partial charge in [-0.05, 0) is 64.2 Å². The summed E-state index contributed by atoms with van der Waals surface area (Å²) in [6, 6.07) is 5.89. The Morgan fingerprint density at radius 3 is 2.61 bits per heavy atom. The van der Waals surface area contributed by atoms with E-state index in [-0.39, 0.29) is 6.09 Å². The van der Waals surface area contributed by atoms with E-state index in [1.807, 2.05) is 43.9 Å². The molecular weight excluding hydrogens is 312 g/mol. The number of anilines is 1. The zero-order valence-electron chi connectivity index (χ0n) is 14.5. The molecule has 1 fully saturated rings. The summed E-state index contributed by atoms with van der Waals surface area (Å²) in [5.41, 5.74) is 1.85. The van der Waals surface area contributed by atoms with Crippen LogP contribution in [0, 0.1) is 12.8 Å². The van der Waals surface area contributed by atoms with E-state index in [0.29, 0.717) is 5.92 Å². The normalized spacial score (nSPS) is 16.3. The summed E-state index contributed by atoms with van der Waals surface area (Å²) in [6.45, 7) is 10.2. The van der Waals surface area contributed by atoms with Gasteiger partial charge in [-0.3, -0.25) is 0 Å². The van der Waals surface area contributed by atoms with E-state index in [2.05, 4.69) is 12.2 Å². The van der Waals surface area contributed by atoms with Gasteiger partial charge in [0.05, 0.1) is 0 Å². The summed E-state index contributed by atoms with van der Waals surface area (Å²) in [5, 5.41) is 4.23. The molecule has 0 unspecified atom stereocenters. The van der Waals surface area contributed by atoms with E-state index in [0.717, 1.165) is 43.2 Å². The Hall–Kier alpha value is -1.42. The number of amides is 1. The molecule has 0 bridgehead atoms. The quantitative estimate of drug-likeness (QED) is 0.868. The fourth-order valence-corrected chi connectivity index (χ4v) is 2.86. The lowest BCUT2D eigenvalue weighted by Gasteiger charge is -2.33. The number of nitrogens with zero attached hydrogens (tertiary/aromatic N) is 1. The molecule has 1 aliphatic heterocycles. The Kier molecular flexibility index (Phi) is 5.79. The number of hydrogen-bond donors (Lipinski definition) is 1. The maximum Gasteiger partial charge on any atom is 0.410 e. The standard InChI is InChI=1S/C18H27ClN2O2/c1-13-5-6-15(19)11-16(13)20-12-14-7-9-21(10-8-14)17(22)23-18(2,3)4/h5-6,11,14,20H,7-10,12H2,1-4H3. The zero-order valence-corrected chi connectivity index (χ0v) is 15.2. The van der Waals surface area contributed by atoms with Crippen LogP contribution in [0.15, 0.2) is 18.2 Å². The average molecular weight is 339 g/mol. The van der Waals surface area contributed by atoms with Crippen molar-refractivity contribution >= 4 is 23.4 Å². The molecule has 23 heavy (non-hydrogen) atoms. The van der Waals surface area contributed by atoms with E-state index in [9.17, 15) is 4.79 Å². The van der Waals surface area contributed by atoms with Gasteiger partial charge in [0.1, 0.15) is 5.60 Å². The van der Waals surface area contributed by atoms with Crippen molar-refractivity contribution in [3.05, 3.63) is 28.8 Å². The van der Waals surface area contributed by atoms with Crippen LogP contribution in [0.2, 0.25) is 5.02 Å². The first-order valence-corrected chi connectivity index (χ1v) is 8.60. The molecule has 1 aliphatic rings. The molecule has 5 heteroatoms. The summed E-state index contributed by atoms with van der Waals surface area (Å²) in [4.78, 5) is 13.9. The highest BCUT2D eigenvalue weighted by Crippen LogP contribution is 2.23. The van der Waals surface area contributed by atoms with Crippen LogP contribution in [-0.2, 0) is 4.74 Å². The maximum absolute atomic E-state index is 12.1. The second-order valence-corrected chi connectivity index (χ2v) is 7.69. The van der Waals surface area contributed by atoms with Crippen LogP contribution in [-0.4, -0.2) is 36.2 Å². The van der Waals surface area contributed by atoms with E-state index in [4.69, 9.17) is 16.3 Å². The number of piperidine rings is 1. The van der Waals surface area contributed by atoms with Crippen molar-refractivity contribution in [2.45, 2.75) is 46.1 Å². The molecule has 128 valence electrons. The minimum atomic E-state index is -0.431. The predicted molar refractivity (Wildman–Crippen MR) is 95.2 cm³/mol. The van der Waals surface area contributed by atoms with Crippen LogP contribution in [0.3, 0.4) is 0 Å². The number of aryl methyl sites for hydroxylation is 1. The largest absolute Gasteiger partial charge is 0.444 e. The molecular formula is C18H27ClN2O2. The maximum atomic E-state index is 12.1. The molecule has 1 N–H and O–H groups in total. The van der Waals surface area contributed by atoms with Crippen LogP contribution >= 0.6 is 11.6 Å². The van der Waals surface area contributed by atoms with Gasteiger partial charge in [-0.2, -0.15) is 0 Å². The first-order chi connectivity index (χ1) is 10.7. The van der Waals surface area contributed by atoms with Crippen molar-refractivity contribution in [2.75, 3.05) is 25.0 Å². The topological polar surface area (TPSA) is 41.6 Å². The lowest BCUT2D eigenvalue weighted by Crippen LogP contribution is -2.42. The Morgan fingerprint density at radius 2 is 2.00 bits per heavy atom. The van der Waals surface area contributed by atoms with Crippen LogP contribution in [0.5, 0.6) is 0 Å². The minimum absolute atomic E-state index is 0.199. The highest BCUT2D eigenvalue weighted by Gasteiger charge is 2.26. The van der Waals surface area contributed by atoms with Gasteiger partial charge in [0.15, 0.2) is 0 Å². The molecule has 1 saturated heterocycles. The van der Waals surface area contributed by atoms with E-state index in [1.54, 1.807) is 0 Å². The number of ether oxygens (including phenoxy) is 1. The second kappa shape index (κ2) is 7.43. The smallest absolute Gasteiger partial charge is 0.410 e. The molecule has 0 radical (unpaired) electrons. The summed E-state index contributed by atoms with van der Waals surface area (Å²) in [7, 11) is 0. The minimum Gasteiger partial charge on any atom is -0.444 e. The number of halogens is 1. The number of nitrogens with one attached hydrogen (secondary N) is 1. The number of rotatable bonds is 3. The first-order valence-electron chi connectivity index (χ1n) is 8.22. The molecule has 0 saturated carbocycles. The van der Waals surface area contributed by atoms with Crippen LogP contribution < -0.4 is 5.32 Å². The van der Waals surface area contributed by atoms with E-state index in [1.165, 1.54) is 5.56 Å². The van der Waals surface area contributed by atoms with Gasteiger partial charge < -0.3 is 15.0 Å². The Balaban J connectivity index is 1.79. The molecule has 1 aromatic carbocycles. The Bertz CT molecular complexity index is 546. The molecule has 1 heterocycles. The molecule has 1 amide bonds. The third kappa shape index (κ3) is 5.61. The third-order valence-electron chi connectivity index (χ3n) is 4.05. The van der Waals surface area contributed by atoms with E-state index < -0.39 is 5.60 Å². The Labute approximate surface area is 144 Å². The number of carbonyl (C=O) groups is 1. The van der Waals surface area contributed by atoms with Gasteiger partial charge in [-0.15, -0.1) is 0 Å². The second-order valence-electron chi connectivity index (χ2n) is 7.25.